The fraction of sp³-hybridized carbons (Fsp3) is 0.429. The molecule has 0 radical (unpaired) electrons. The number of hydrogen-bond donors (Lipinski definition) is 1. The number of carbonyl (C=O) groups excluding carboxylic acids is 1. The van der Waals surface area contributed by atoms with E-state index in [1.54, 1.807) is 13.0 Å². The smallest absolute Gasteiger partial charge is 0.332 e. The standard InChI is InChI=1S/C21H24N6O4/c1-12-14(11-15-18(23-12)25(2)21(31)26(3)20(15)30)19(29)22-8-9-27-17(28)10-13-6-4-5-7-16(13)24-27/h10-11H,4-9H2,1-3H3,(H,22,29). The molecule has 0 saturated carbocycles. The zero-order chi connectivity index (χ0) is 22.3. The lowest BCUT2D eigenvalue weighted by molar-refractivity contribution is 0.0951. The molecule has 10 heteroatoms. The average Bonchev–Trinajstić information content (AvgIpc) is 2.76. The molecule has 1 amide bonds. The Hall–Kier alpha value is -3.56. The lowest BCUT2D eigenvalue weighted by atomic mass is 9.97. The third-order valence-electron chi connectivity index (χ3n) is 5.75. The normalized spacial score (nSPS) is 13.3. The zero-order valence-corrected chi connectivity index (χ0v) is 17.8. The molecule has 0 aliphatic heterocycles. The fourth-order valence-electron chi connectivity index (χ4n) is 3.95. The van der Waals surface area contributed by atoms with Crippen molar-refractivity contribution in [1.29, 1.82) is 0 Å². The van der Waals surface area contributed by atoms with Gasteiger partial charge in [-0.05, 0) is 44.2 Å². The van der Waals surface area contributed by atoms with Crippen molar-refractivity contribution in [2.24, 2.45) is 14.1 Å². The van der Waals surface area contributed by atoms with E-state index in [9.17, 15) is 19.2 Å². The molecule has 0 unspecified atom stereocenters. The minimum absolute atomic E-state index is 0.178. The van der Waals surface area contributed by atoms with Gasteiger partial charge < -0.3 is 5.32 Å². The molecular weight excluding hydrogens is 400 g/mol. The van der Waals surface area contributed by atoms with Crippen molar-refractivity contribution < 1.29 is 4.79 Å². The molecule has 1 aliphatic carbocycles. The highest BCUT2D eigenvalue weighted by Crippen LogP contribution is 2.17. The second kappa shape index (κ2) is 7.93. The van der Waals surface area contributed by atoms with Crippen LogP contribution in [0.2, 0.25) is 0 Å². The maximum absolute atomic E-state index is 12.7. The van der Waals surface area contributed by atoms with Gasteiger partial charge in [-0.3, -0.25) is 23.5 Å². The Morgan fingerprint density at radius 1 is 1.10 bits per heavy atom. The van der Waals surface area contributed by atoms with Crippen LogP contribution in [-0.2, 0) is 33.5 Å². The van der Waals surface area contributed by atoms with Gasteiger partial charge in [0.05, 0.1) is 28.9 Å². The summed E-state index contributed by atoms with van der Waals surface area (Å²) in [6.45, 7) is 2.09. The molecule has 0 spiro atoms. The number of aromatic nitrogens is 5. The van der Waals surface area contributed by atoms with Crippen molar-refractivity contribution in [2.75, 3.05) is 6.54 Å². The molecule has 162 valence electrons. The van der Waals surface area contributed by atoms with E-state index >= 15 is 0 Å². The molecule has 0 bridgehead atoms. The summed E-state index contributed by atoms with van der Waals surface area (Å²) in [5, 5.41) is 7.40. The van der Waals surface area contributed by atoms with Crippen molar-refractivity contribution in [2.45, 2.75) is 39.2 Å². The number of fused-ring (bicyclic) bond motifs is 2. The predicted octanol–water partition coefficient (Wildman–Crippen LogP) is -0.194. The molecule has 3 aromatic heterocycles. The highest BCUT2D eigenvalue weighted by molar-refractivity contribution is 5.98. The molecule has 3 heterocycles. The third-order valence-corrected chi connectivity index (χ3v) is 5.75. The Kier molecular flexibility index (Phi) is 5.30. The predicted molar refractivity (Wildman–Crippen MR) is 114 cm³/mol. The number of hydrogen-bond acceptors (Lipinski definition) is 6. The van der Waals surface area contributed by atoms with Crippen LogP contribution in [-0.4, -0.2) is 36.4 Å². The largest absolute Gasteiger partial charge is 0.350 e. The quantitative estimate of drug-likeness (QED) is 0.620. The molecule has 3 aromatic rings. The minimum Gasteiger partial charge on any atom is -0.350 e. The van der Waals surface area contributed by atoms with E-state index in [2.05, 4.69) is 15.4 Å². The Morgan fingerprint density at radius 3 is 2.61 bits per heavy atom. The Labute approximate surface area is 177 Å². The molecule has 4 rings (SSSR count). The fourth-order valence-corrected chi connectivity index (χ4v) is 3.95. The van der Waals surface area contributed by atoms with Gasteiger partial charge in [0, 0.05) is 26.7 Å². The summed E-state index contributed by atoms with van der Waals surface area (Å²) in [4.78, 5) is 53.9. The van der Waals surface area contributed by atoms with Crippen LogP contribution in [0.5, 0.6) is 0 Å². The monoisotopic (exact) mass is 424 g/mol. The van der Waals surface area contributed by atoms with Crippen LogP contribution in [0, 0.1) is 6.92 Å². The summed E-state index contributed by atoms with van der Waals surface area (Å²) in [7, 11) is 2.91. The number of carbonyl (C=O) groups is 1. The number of amides is 1. The van der Waals surface area contributed by atoms with E-state index in [0.717, 1.165) is 41.5 Å². The van der Waals surface area contributed by atoms with Gasteiger partial charge in [0.1, 0.15) is 5.65 Å². The molecule has 1 aliphatic rings. The van der Waals surface area contributed by atoms with E-state index in [1.807, 2.05) is 0 Å². The topological polar surface area (TPSA) is 121 Å². The van der Waals surface area contributed by atoms with E-state index in [0.29, 0.717) is 5.69 Å². The first-order valence-electron chi connectivity index (χ1n) is 10.2. The second-order valence-electron chi connectivity index (χ2n) is 7.84. The van der Waals surface area contributed by atoms with Crippen LogP contribution in [0.25, 0.3) is 11.0 Å². The molecule has 0 saturated heterocycles. The zero-order valence-electron chi connectivity index (χ0n) is 17.8. The number of aryl methyl sites for hydroxylation is 4. The summed E-state index contributed by atoms with van der Waals surface area (Å²) in [6, 6.07) is 3.10. The highest BCUT2D eigenvalue weighted by Gasteiger charge is 2.17. The summed E-state index contributed by atoms with van der Waals surface area (Å²) in [5.41, 5.74) is 1.67. The van der Waals surface area contributed by atoms with Gasteiger partial charge >= 0.3 is 5.69 Å². The minimum atomic E-state index is -0.510. The summed E-state index contributed by atoms with van der Waals surface area (Å²) >= 11 is 0. The number of pyridine rings is 1. The van der Waals surface area contributed by atoms with Gasteiger partial charge in [0.15, 0.2) is 0 Å². The maximum Gasteiger partial charge on any atom is 0.332 e. The molecule has 1 N–H and O–H groups in total. The van der Waals surface area contributed by atoms with Crippen LogP contribution in [0.1, 0.15) is 40.2 Å². The van der Waals surface area contributed by atoms with Gasteiger partial charge in [-0.1, -0.05) is 0 Å². The first-order chi connectivity index (χ1) is 14.8. The van der Waals surface area contributed by atoms with E-state index in [4.69, 9.17) is 0 Å². The Morgan fingerprint density at radius 2 is 1.84 bits per heavy atom. The summed E-state index contributed by atoms with van der Waals surface area (Å²) in [6.07, 6.45) is 3.88. The van der Waals surface area contributed by atoms with Gasteiger partial charge in [0.2, 0.25) is 0 Å². The SMILES string of the molecule is Cc1nc2c(cc1C(=O)NCCn1nc3c(cc1=O)CCCC3)c(=O)n(C)c(=O)n2C. The highest BCUT2D eigenvalue weighted by atomic mass is 16.2. The first-order valence-corrected chi connectivity index (χ1v) is 10.2. The lowest BCUT2D eigenvalue weighted by Crippen LogP contribution is -2.38. The molecule has 0 aromatic carbocycles. The molecule has 31 heavy (non-hydrogen) atoms. The van der Waals surface area contributed by atoms with Gasteiger partial charge in [0.25, 0.3) is 17.0 Å². The van der Waals surface area contributed by atoms with Crippen molar-refractivity contribution in [1.82, 2.24) is 29.2 Å². The third kappa shape index (κ3) is 3.69. The van der Waals surface area contributed by atoms with E-state index in [1.165, 1.54) is 29.4 Å². The van der Waals surface area contributed by atoms with E-state index < -0.39 is 17.2 Å². The van der Waals surface area contributed by atoms with Crippen LogP contribution in [0.3, 0.4) is 0 Å². The molecule has 0 atom stereocenters. The second-order valence-corrected chi connectivity index (χ2v) is 7.84. The maximum atomic E-state index is 12.7. The van der Waals surface area contributed by atoms with Crippen LogP contribution in [0.4, 0.5) is 0 Å². The Bertz CT molecular complexity index is 1380. The van der Waals surface area contributed by atoms with Crippen LogP contribution >= 0.6 is 0 Å². The average molecular weight is 424 g/mol. The number of rotatable bonds is 4. The van der Waals surface area contributed by atoms with Crippen LogP contribution < -0.4 is 22.1 Å². The lowest BCUT2D eigenvalue weighted by Gasteiger charge is -2.16. The van der Waals surface area contributed by atoms with Crippen molar-refractivity contribution >= 4 is 16.9 Å². The van der Waals surface area contributed by atoms with Crippen molar-refractivity contribution in [3.63, 3.8) is 0 Å². The van der Waals surface area contributed by atoms with Gasteiger partial charge in [-0.2, -0.15) is 5.10 Å². The van der Waals surface area contributed by atoms with Gasteiger partial charge in [-0.25, -0.2) is 14.5 Å². The van der Waals surface area contributed by atoms with E-state index in [-0.39, 0.29) is 35.2 Å². The van der Waals surface area contributed by atoms with Gasteiger partial charge in [-0.15, -0.1) is 0 Å². The summed E-state index contributed by atoms with van der Waals surface area (Å²) in [5.74, 6) is -0.409. The molecule has 10 nitrogen and oxygen atoms in total. The van der Waals surface area contributed by atoms with Crippen molar-refractivity contribution in [3.05, 3.63) is 65.8 Å². The number of nitrogens with zero attached hydrogens (tertiary/aromatic N) is 5. The number of nitrogens with one attached hydrogen (secondary N) is 1. The first kappa shape index (κ1) is 20.7. The summed E-state index contributed by atoms with van der Waals surface area (Å²) < 4.78 is 3.64. The molecular formula is C21H24N6O4. The molecule has 0 fully saturated rings. The van der Waals surface area contributed by atoms with Crippen LogP contribution in [0.15, 0.2) is 26.5 Å². The Balaban J connectivity index is 1.55. The van der Waals surface area contributed by atoms with Crippen molar-refractivity contribution in [3.8, 4) is 0 Å².